The zero-order chi connectivity index (χ0) is 20.8. The van der Waals surface area contributed by atoms with Crippen LogP contribution in [-0.4, -0.2) is 34.0 Å². The molecular formula is C21H21N5O3. The summed E-state index contributed by atoms with van der Waals surface area (Å²) in [7, 11) is 0. The number of nitrogens with two attached hydrogens (primary N) is 1. The van der Waals surface area contributed by atoms with Crippen LogP contribution >= 0.6 is 0 Å². The van der Waals surface area contributed by atoms with Crippen LogP contribution in [0.5, 0.6) is 0 Å². The number of para-hydroxylation sites is 1. The van der Waals surface area contributed by atoms with Gasteiger partial charge in [-0.25, -0.2) is 4.68 Å². The number of rotatable bonds is 7. The van der Waals surface area contributed by atoms with Crippen molar-refractivity contribution in [3.05, 3.63) is 83.2 Å². The van der Waals surface area contributed by atoms with Gasteiger partial charge in [0.05, 0.1) is 29.7 Å². The molecule has 0 aliphatic heterocycles. The van der Waals surface area contributed by atoms with Gasteiger partial charge in [-0.05, 0) is 36.8 Å². The van der Waals surface area contributed by atoms with Crippen molar-refractivity contribution in [1.29, 1.82) is 0 Å². The molecule has 0 saturated heterocycles. The van der Waals surface area contributed by atoms with E-state index < -0.39 is 5.91 Å². The van der Waals surface area contributed by atoms with Gasteiger partial charge in [-0.1, -0.05) is 30.3 Å². The molecule has 0 fully saturated rings. The van der Waals surface area contributed by atoms with Gasteiger partial charge in [-0.2, -0.15) is 5.10 Å². The predicted molar refractivity (Wildman–Crippen MR) is 107 cm³/mol. The maximum atomic E-state index is 12.5. The molecule has 0 saturated carbocycles. The minimum absolute atomic E-state index is 0.216. The number of primary amides is 1. The summed E-state index contributed by atoms with van der Waals surface area (Å²) in [4.78, 5) is 35.1. The van der Waals surface area contributed by atoms with E-state index >= 15 is 0 Å². The first-order chi connectivity index (χ1) is 14.0. The van der Waals surface area contributed by atoms with E-state index in [9.17, 15) is 14.4 Å². The molecule has 0 unspecified atom stereocenters. The Kier molecular flexibility index (Phi) is 6.03. The van der Waals surface area contributed by atoms with E-state index in [0.29, 0.717) is 17.7 Å². The summed E-state index contributed by atoms with van der Waals surface area (Å²) in [5.41, 5.74) is 8.37. The predicted octanol–water partition coefficient (Wildman–Crippen LogP) is 1.33. The first-order valence-electron chi connectivity index (χ1n) is 8.99. The highest BCUT2D eigenvalue weighted by molar-refractivity contribution is 5.96. The highest BCUT2D eigenvalue weighted by Crippen LogP contribution is 2.14. The van der Waals surface area contributed by atoms with E-state index in [1.807, 2.05) is 37.3 Å². The second-order valence-electron chi connectivity index (χ2n) is 6.42. The second kappa shape index (κ2) is 8.83. The van der Waals surface area contributed by atoms with Crippen molar-refractivity contribution in [2.45, 2.75) is 13.5 Å². The molecule has 0 atom stereocenters. The van der Waals surface area contributed by atoms with Gasteiger partial charge in [0.25, 0.3) is 11.8 Å². The van der Waals surface area contributed by atoms with E-state index in [1.54, 1.807) is 35.1 Å². The highest BCUT2D eigenvalue weighted by atomic mass is 16.2. The van der Waals surface area contributed by atoms with Crippen molar-refractivity contribution in [2.75, 3.05) is 6.54 Å². The molecule has 3 rings (SSSR count). The summed E-state index contributed by atoms with van der Waals surface area (Å²) in [6.07, 6.45) is 1.55. The molecule has 8 heteroatoms. The second-order valence-corrected chi connectivity index (χ2v) is 6.42. The van der Waals surface area contributed by atoms with Crippen molar-refractivity contribution >= 4 is 17.7 Å². The van der Waals surface area contributed by atoms with E-state index in [0.717, 1.165) is 16.9 Å². The van der Waals surface area contributed by atoms with Crippen molar-refractivity contribution in [2.24, 2.45) is 5.73 Å². The van der Waals surface area contributed by atoms with Crippen molar-refractivity contribution in [3.8, 4) is 5.69 Å². The van der Waals surface area contributed by atoms with Crippen LogP contribution in [0.25, 0.3) is 5.69 Å². The van der Waals surface area contributed by atoms with Crippen molar-refractivity contribution in [3.63, 3.8) is 0 Å². The van der Waals surface area contributed by atoms with Gasteiger partial charge < -0.3 is 16.4 Å². The summed E-state index contributed by atoms with van der Waals surface area (Å²) >= 11 is 0. The Labute approximate surface area is 167 Å². The maximum Gasteiger partial charge on any atom is 0.255 e. The zero-order valence-electron chi connectivity index (χ0n) is 15.9. The maximum absolute atomic E-state index is 12.5. The molecule has 148 valence electrons. The minimum atomic E-state index is -0.608. The monoisotopic (exact) mass is 391 g/mol. The first kappa shape index (κ1) is 19.8. The normalized spacial score (nSPS) is 10.4. The molecule has 0 bridgehead atoms. The number of carbonyl (C=O) groups excluding carboxylic acids is 3. The molecule has 29 heavy (non-hydrogen) atoms. The van der Waals surface area contributed by atoms with Crippen LogP contribution in [0.1, 0.15) is 32.0 Å². The standard InChI is InChI=1S/C21H21N5O3/c1-14-18(12-25-26(14)17-5-3-2-4-6-17)21(29)23-11-15-7-9-16(10-8-15)20(28)24-13-19(22)27/h2-10,12H,11,13H2,1H3,(H2,22,27)(H,23,29)(H,24,28). The third-order valence-electron chi connectivity index (χ3n) is 4.35. The summed E-state index contributed by atoms with van der Waals surface area (Å²) in [6, 6.07) is 16.3. The lowest BCUT2D eigenvalue weighted by Gasteiger charge is -2.08. The van der Waals surface area contributed by atoms with Gasteiger partial charge in [0, 0.05) is 12.1 Å². The summed E-state index contributed by atoms with van der Waals surface area (Å²) < 4.78 is 1.72. The van der Waals surface area contributed by atoms with Gasteiger partial charge in [0.2, 0.25) is 5.91 Å². The Bertz CT molecular complexity index is 1030. The lowest BCUT2D eigenvalue weighted by atomic mass is 10.1. The molecule has 2 aromatic carbocycles. The molecule has 4 N–H and O–H groups in total. The van der Waals surface area contributed by atoms with Crippen LogP contribution in [0.2, 0.25) is 0 Å². The van der Waals surface area contributed by atoms with Gasteiger partial charge in [-0.15, -0.1) is 0 Å². The number of amides is 3. The number of hydrogen-bond donors (Lipinski definition) is 3. The summed E-state index contributed by atoms with van der Waals surface area (Å²) in [5, 5.41) is 9.58. The molecule has 1 aromatic heterocycles. The number of nitrogens with one attached hydrogen (secondary N) is 2. The third kappa shape index (κ3) is 4.86. The average molecular weight is 391 g/mol. The number of nitrogens with zero attached hydrogens (tertiary/aromatic N) is 2. The summed E-state index contributed by atoms with van der Waals surface area (Å²) in [6.45, 7) is 1.93. The van der Waals surface area contributed by atoms with Gasteiger partial charge in [0.1, 0.15) is 0 Å². The summed E-state index contributed by atoms with van der Waals surface area (Å²) in [5.74, 6) is -1.22. The average Bonchev–Trinajstić information content (AvgIpc) is 3.12. The van der Waals surface area contributed by atoms with Crippen LogP contribution in [-0.2, 0) is 11.3 Å². The number of carbonyl (C=O) groups is 3. The first-order valence-corrected chi connectivity index (χ1v) is 8.99. The van der Waals surface area contributed by atoms with Crippen molar-refractivity contribution in [1.82, 2.24) is 20.4 Å². The Morgan fingerprint density at radius 1 is 0.966 bits per heavy atom. The lowest BCUT2D eigenvalue weighted by Crippen LogP contribution is -2.33. The number of hydrogen-bond acceptors (Lipinski definition) is 4. The Balaban J connectivity index is 1.60. The molecule has 0 aliphatic carbocycles. The topological polar surface area (TPSA) is 119 Å². The molecule has 0 spiro atoms. The SMILES string of the molecule is Cc1c(C(=O)NCc2ccc(C(=O)NCC(N)=O)cc2)cnn1-c1ccccc1. The van der Waals surface area contributed by atoms with Gasteiger partial charge >= 0.3 is 0 Å². The molecule has 0 radical (unpaired) electrons. The molecule has 8 nitrogen and oxygen atoms in total. The zero-order valence-corrected chi connectivity index (χ0v) is 15.9. The van der Waals surface area contributed by atoms with Gasteiger partial charge in [-0.3, -0.25) is 14.4 Å². The van der Waals surface area contributed by atoms with E-state index in [2.05, 4.69) is 15.7 Å². The lowest BCUT2D eigenvalue weighted by molar-refractivity contribution is -0.117. The quantitative estimate of drug-likeness (QED) is 0.563. The fourth-order valence-corrected chi connectivity index (χ4v) is 2.78. The molecular weight excluding hydrogens is 370 g/mol. The molecule has 1 heterocycles. The van der Waals surface area contributed by atoms with Gasteiger partial charge in [0.15, 0.2) is 0 Å². The Hall–Kier alpha value is -3.94. The third-order valence-corrected chi connectivity index (χ3v) is 4.35. The molecule has 0 aliphatic rings. The highest BCUT2D eigenvalue weighted by Gasteiger charge is 2.15. The fourth-order valence-electron chi connectivity index (χ4n) is 2.78. The van der Waals surface area contributed by atoms with Crippen LogP contribution < -0.4 is 16.4 Å². The molecule has 3 aromatic rings. The number of aromatic nitrogens is 2. The molecule has 3 amide bonds. The van der Waals surface area contributed by atoms with Crippen LogP contribution in [0, 0.1) is 6.92 Å². The number of benzene rings is 2. The van der Waals surface area contributed by atoms with Crippen molar-refractivity contribution < 1.29 is 14.4 Å². The Morgan fingerprint density at radius 3 is 2.31 bits per heavy atom. The van der Waals surface area contributed by atoms with E-state index in [1.165, 1.54) is 0 Å². The van der Waals surface area contributed by atoms with Crippen LogP contribution in [0.15, 0.2) is 60.8 Å². The van der Waals surface area contributed by atoms with Crippen LogP contribution in [0.3, 0.4) is 0 Å². The fraction of sp³-hybridized carbons (Fsp3) is 0.143. The van der Waals surface area contributed by atoms with Crippen LogP contribution in [0.4, 0.5) is 0 Å². The Morgan fingerprint density at radius 2 is 1.66 bits per heavy atom. The smallest absolute Gasteiger partial charge is 0.255 e. The largest absolute Gasteiger partial charge is 0.368 e. The van der Waals surface area contributed by atoms with E-state index in [4.69, 9.17) is 5.73 Å². The van der Waals surface area contributed by atoms with E-state index in [-0.39, 0.29) is 18.4 Å². The minimum Gasteiger partial charge on any atom is -0.368 e.